The average molecular weight is 311 g/mol. The molecule has 1 unspecified atom stereocenters. The molecule has 1 aliphatic rings. The number of hydrogen-bond donors (Lipinski definition) is 0. The Morgan fingerprint density at radius 1 is 0.909 bits per heavy atom. The molecule has 0 amide bonds. The van der Waals surface area contributed by atoms with Gasteiger partial charge >= 0.3 is 0 Å². The van der Waals surface area contributed by atoms with Crippen molar-refractivity contribution in [1.82, 2.24) is 0 Å². The largest absolute Gasteiger partial charge is 0.240 e. The standard InChI is InChI=1S/C19H21NOS/c21-22(18-12-6-2-7-13-18,19-14-8-3-9-15-19)20-16-17-10-4-1-5-11-17/h1-2,4-7,10-14H,3,8-9,15-16H2. The second kappa shape index (κ2) is 6.93. The molecule has 0 spiro atoms. The number of benzene rings is 2. The summed E-state index contributed by atoms with van der Waals surface area (Å²) >= 11 is 0. The van der Waals surface area contributed by atoms with Crippen molar-refractivity contribution in [3.63, 3.8) is 0 Å². The Labute approximate surface area is 133 Å². The van der Waals surface area contributed by atoms with Crippen molar-refractivity contribution in [1.29, 1.82) is 0 Å². The highest BCUT2D eigenvalue weighted by molar-refractivity contribution is 7.97. The van der Waals surface area contributed by atoms with Crippen LogP contribution in [0.2, 0.25) is 0 Å². The molecule has 2 nitrogen and oxygen atoms in total. The number of rotatable bonds is 4. The van der Waals surface area contributed by atoms with Crippen molar-refractivity contribution in [2.24, 2.45) is 4.36 Å². The summed E-state index contributed by atoms with van der Waals surface area (Å²) in [5.41, 5.74) is 1.10. The van der Waals surface area contributed by atoms with E-state index in [2.05, 4.69) is 10.4 Å². The van der Waals surface area contributed by atoms with Gasteiger partial charge in [0.15, 0.2) is 0 Å². The Kier molecular flexibility index (Phi) is 4.74. The van der Waals surface area contributed by atoms with Crippen LogP contribution >= 0.6 is 0 Å². The molecule has 1 aliphatic carbocycles. The van der Waals surface area contributed by atoms with Crippen LogP contribution in [0.5, 0.6) is 0 Å². The molecule has 0 aromatic heterocycles. The number of nitrogens with zero attached hydrogens (tertiary/aromatic N) is 1. The van der Waals surface area contributed by atoms with Crippen LogP contribution in [-0.4, -0.2) is 4.21 Å². The Balaban J connectivity index is 2.03. The molecule has 0 fully saturated rings. The molecule has 0 N–H and O–H groups in total. The average Bonchev–Trinajstić information content (AvgIpc) is 2.62. The van der Waals surface area contributed by atoms with E-state index in [1.54, 1.807) is 0 Å². The van der Waals surface area contributed by atoms with Crippen LogP contribution in [0.3, 0.4) is 0 Å². The van der Waals surface area contributed by atoms with E-state index < -0.39 is 9.73 Å². The van der Waals surface area contributed by atoms with Gasteiger partial charge in [-0.1, -0.05) is 54.6 Å². The van der Waals surface area contributed by atoms with Crippen LogP contribution in [0, 0.1) is 0 Å². The van der Waals surface area contributed by atoms with Gasteiger partial charge in [-0.2, -0.15) is 0 Å². The Hall–Kier alpha value is -1.87. The van der Waals surface area contributed by atoms with Crippen molar-refractivity contribution in [2.45, 2.75) is 37.1 Å². The number of allylic oxidation sites excluding steroid dienone is 2. The van der Waals surface area contributed by atoms with E-state index in [1.165, 1.54) is 6.42 Å². The predicted molar refractivity (Wildman–Crippen MR) is 92.0 cm³/mol. The zero-order valence-corrected chi connectivity index (χ0v) is 13.5. The molecule has 22 heavy (non-hydrogen) atoms. The first-order chi connectivity index (χ1) is 10.8. The van der Waals surface area contributed by atoms with Gasteiger partial charge in [0.1, 0.15) is 0 Å². The third-order valence-corrected chi connectivity index (χ3v) is 6.42. The van der Waals surface area contributed by atoms with Crippen LogP contribution in [0.15, 0.2) is 80.9 Å². The van der Waals surface area contributed by atoms with Crippen molar-refractivity contribution in [3.8, 4) is 0 Å². The van der Waals surface area contributed by atoms with Crippen molar-refractivity contribution in [2.75, 3.05) is 0 Å². The van der Waals surface area contributed by atoms with Crippen LogP contribution in [-0.2, 0) is 16.3 Å². The molecule has 3 rings (SSSR count). The summed E-state index contributed by atoms with van der Waals surface area (Å²) in [4.78, 5) is 1.85. The van der Waals surface area contributed by atoms with Gasteiger partial charge in [0.25, 0.3) is 0 Å². The lowest BCUT2D eigenvalue weighted by atomic mass is 10.1. The van der Waals surface area contributed by atoms with Gasteiger partial charge in [0.2, 0.25) is 0 Å². The highest BCUT2D eigenvalue weighted by atomic mass is 32.2. The highest BCUT2D eigenvalue weighted by Crippen LogP contribution is 2.30. The second-order valence-corrected chi connectivity index (χ2v) is 7.83. The minimum absolute atomic E-state index is 0.492. The van der Waals surface area contributed by atoms with E-state index in [1.807, 2.05) is 60.7 Å². The molecule has 0 saturated carbocycles. The lowest BCUT2D eigenvalue weighted by Gasteiger charge is -2.18. The van der Waals surface area contributed by atoms with Crippen molar-refractivity contribution >= 4 is 9.73 Å². The highest BCUT2D eigenvalue weighted by Gasteiger charge is 2.20. The zero-order chi connectivity index (χ0) is 15.3. The molecule has 0 aliphatic heterocycles. The molecule has 3 heteroatoms. The Morgan fingerprint density at radius 3 is 2.23 bits per heavy atom. The Morgan fingerprint density at radius 2 is 1.59 bits per heavy atom. The first-order valence-corrected chi connectivity index (χ1v) is 9.31. The van der Waals surface area contributed by atoms with Gasteiger partial charge in [0, 0.05) is 4.91 Å². The quantitative estimate of drug-likeness (QED) is 0.765. The smallest absolute Gasteiger partial charge is 0.0999 e. The van der Waals surface area contributed by atoms with Crippen LogP contribution in [0.4, 0.5) is 0 Å². The number of hydrogen-bond acceptors (Lipinski definition) is 2. The van der Waals surface area contributed by atoms with Gasteiger partial charge < -0.3 is 0 Å². The van der Waals surface area contributed by atoms with E-state index in [0.717, 1.165) is 34.6 Å². The molecule has 0 heterocycles. The summed E-state index contributed by atoms with van der Waals surface area (Å²) in [5.74, 6) is 0. The lowest BCUT2D eigenvalue weighted by Crippen LogP contribution is -2.08. The zero-order valence-electron chi connectivity index (χ0n) is 12.7. The van der Waals surface area contributed by atoms with E-state index in [4.69, 9.17) is 0 Å². The minimum Gasteiger partial charge on any atom is -0.240 e. The molecule has 0 saturated heterocycles. The summed E-state index contributed by atoms with van der Waals surface area (Å²) in [6.45, 7) is 0.492. The third kappa shape index (κ3) is 3.30. The first-order valence-electron chi connectivity index (χ1n) is 7.80. The van der Waals surface area contributed by atoms with E-state index in [9.17, 15) is 4.21 Å². The normalized spacial score (nSPS) is 17.4. The van der Waals surface area contributed by atoms with Gasteiger partial charge in [-0.15, -0.1) is 0 Å². The summed E-state index contributed by atoms with van der Waals surface area (Å²) in [7, 11) is -2.48. The summed E-state index contributed by atoms with van der Waals surface area (Å²) in [6.07, 6.45) is 6.35. The monoisotopic (exact) mass is 311 g/mol. The van der Waals surface area contributed by atoms with Crippen molar-refractivity contribution in [3.05, 3.63) is 77.2 Å². The van der Waals surface area contributed by atoms with Crippen molar-refractivity contribution < 1.29 is 4.21 Å². The topological polar surface area (TPSA) is 29.4 Å². The van der Waals surface area contributed by atoms with Crippen LogP contribution in [0.25, 0.3) is 0 Å². The van der Waals surface area contributed by atoms with Crippen LogP contribution < -0.4 is 0 Å². The lowest BCUT2D eigenvalue weighted by molar-refractivity contribution is 0.667. The van der Waals surface area contributed by atoms with Crippen LogP contribution in [0.1, 0.15) is 31.2 Å². The fourth-order valence-electron chi connectivity index (χ4n) is 2.72. The first kappa shape index (κ1) is 15.0. The van der Waals surface area contributed by atoms with Gasteiger partial charge in [-0.3, -0.25) is 0 Å². The van der Waals surface area contributed by atoms with E-state index >= 15 is 0 Å². The molecule has 2 aromatic rings. The fourth-order valence-corrected chi connectivity index (χ4v) is 4.96. The molecule has 1 atom stereocenters. The molecule has 114 valence electrons. The third-order valence-electron chi connectivity index (χ3n) is 3.94. The fraction of sp³-hybridized carbons (Fsp3) is 0.263. The molecule has 2 aromatic carbocycles. The van der Waals surface area contributed by atoms with Gasteiger partial charge in [-0.25, -0.2) is 8.57 Å². The SMILES string of the molecule is O=S(=NCc1ccccc1)(C1=CCCCC1)c1ccccc1. The summed E-state index contributed by atoms with van der Waals surface area (Å²) in [6, 6.07) is 19.8. The molecular formula is C19H21NOS. The molecular weight excluding hydrogens is 290 g/mol. The maximum Gasteiger partial charge on any atom is 0.0999 e. The second-order valence-electron chi connectivity index (χ2n) is 5.53. The maximum absolute atomic E-state index is 13.7. The van der Waals surface area contributed by atoms with Gasteiger partial charge in [0.05, 0.1) is 21.2 Å². The maximum atomic E-state index is 13.7. The Bertz CT molecular complexity index is 757. The molecule has 0 bridgehead atoms. The molecule has 0 radical (unpaired) electrons. The van der Waals surface area contributed by atoms with E-state index in [0.29, 0.717) is 6.54 Å². The van der Waals surface area contributed by atoms with E-state index in [-0.39, 0.29) is 0 Å². The van der Waals surface area contributed by atoms with Gasteiger partial charge in [-0.05, 0) is 43.4 Å². The predicted octanol–water partition coefficient (Wildman–Crippen LogP) is 5.17. The summed E-state index contributed by atoms with van der Waals surface area (Å²) < 4.78 is 18.4. The summed E-state index contributed by atoms with van der Waals surface area (Å²) in [5, 5.41) is 0. The minimum atomic E-state index is -2.48.